The molecule has 2 rings (SSSR count). The Morgan fingerprint density at radius 2 is 1.69 bits per heavy atom. The number of benzene rings is 2. The number of carbonyl (C=O) groups excluding carboxylic acids is 2. The van der Waals surface area contributed by atoms with Gasteiger partial charge in [0.1, 0.15) is 30.6 Å². The highest BCUT2D eigenvalue weighted by Crippen LogP contribution is 2.36. The van der Waals surface area contributed by atoms with Gasteiger partial charge in [-0.2, -0.15) is 0 Å². The molecule has 0 spiro atoms. The standard InChI is InChI=1S/C24H26O5/c1-5-13-28-18-15-20(19(7-3)21(16-18)29-14-6-2)22(24(26)27-4)23(25)17-11-9-8-10-12-17/h5-6,8-12,15-16,22H,1-2,7,13-14H2,3-4H3. The Morgan fingerprint density at radius 3 is 2.28 bits per heavy atom. The third-order valence-corrected chi connectivity index (χ3v) is 4.36. The average molecular weight is 394 g/mol. The van der Waals surface area contributed by atoms with Gasteiger partial charge >= 0.3 is 5.97 Å². The lowest BCUT2D eigenvalue weighted by atomic mass is 9.86. The van der Waals surface area contributed by atoms with E-state index in [1.54, 1.807) is 48.6 Å². The second-order valence-corrected chi connectivity index (χ2v) is 6.23. The summed E-state index contributed by atoms with van der Waals surface area (Å²) < 4.78 is 16.5. The Kier molecular flexibility index (Phi) is 8.22. The van der Waals surface area contributed by atoms with Crippen LogP contribution in [0.4, 0.5) is 0 Å². The Morgan fingerprint density at radius 1 is 1.03 bits per heavy atom. The van der Waals surface area contributed by atoms with Crippen LogP contribution >= 0.6 is 0 Å². The van der Waals surface area contributed by atoms with Crippen molar-refractivity contribution < 1.29 is 23.8 Å². The molecule has 5 nitrogen and oxygen atoms in total. The Bertz CT molecular complexity index is 870. The normalized spacial score (nSPS) is 11.2. The summed E-state index contributed by atoms with van der Waals surface area (Å²) in [5.74, 6) is -1.09. The summed E-state index contributed by atoms with van der Waals surface area (Å²) in [5, 5.41) is 0. The molecular formula is C24H26O5. The number of hydrogen-bond acceptors (Lipinski definition) is 5. The Hall–Kier alpha value is -3.34. The summed E-state index contributed by atoms with van der Waals surface area (Å²) >= 11 is 0. The SMILES string of the molecule is C=CCOc1cc(OCC=C)c(CC)c(C(C(=O)OC)C(=O)c2ccccc2)c1. The van der Waals surface area contributed by atoms with E-state index in [0.29, 0.717) is 29.0 Å². The number of Topliss-reactive ketones (excluding diaryl/α,β-unsaturated/α-hetero) is 1. The summed E-state index contributed by atoms with van der Waals surface area (Å²) in [7, 11) is 1.27. The zero-order valence-electron chi connectivity index (χ0n) is 16.9. The number of rotatable bonds is 11. The zero-order valence-corrected chi connectivity index (χ0v) is 16.9. The first-order valence-corrected chi connectivity index (χ1v) is 9.38. The van der Waals surface area contributed by atoms with Crippen LogP contribution in [0, 0.1) is 0 Å². The summed E-state index contributed by atoms with van der Waals surface area (Å²) in [5.41, 5.74) is 1.68. The van der Waals surface area contributed by atoms with E-state index in [1.807, 2.05) is 13.0 Å². The molecule has 0 aliphatic heterocycles. The number of methoxy groups -OCH3 is 1. The van der Waals surface area contributed by atoms with Crippen molar-refractivity contribution in [2.45, 2.75) is 19.3 Å². The molecule has 0 aliphatic carbocycles. The maximum Gasteiger partial charge on any atom is 0.321 e. The van der Waals surface area contributed by atoms with Gasteiger partial charge in [0, 0.05) is 11.6 Å². The number of ketones is 1. The number of carbonyl (C=O) groups is 2. The second kappa shape index (κ2) is 10.9. The first-order chi connectivity index (χ1) is 14.1. The van der Waals surface area contributed by atoms with Gasteiger partial charge in [0.2, 0.25) is 0 Å². The van der Waals surface area contributed by atoms with Crippen LogP contribution < -0.4 is 9.47 Å². The van der Waals surface area contributed by atoms with Crippen LogP contribution in [0.3, 0.4) is 0 Å². The molecule has 0 aromatic heterocycles. The number of esters is 1. The highest BCUT2D eigenvalue weighted by atomic mass is 16.5. The van der Waals surface area contributed by atoms with Crippen molar-refractivity contribution in [1.82, 2.24) is 0 Å². The molecule has 1 atom stereocenters. The zero-order chi connectivity index (χ0) is 21.2. The smallest absolute Gasteiger partial charge is 0.321 e. The van der Waals surface area contributed by atoms with Gasteiger partial charge in [-0.1, -0.05) is 62.6 Å². The minimum atomic E-state index is -1.13. The quantitative estimate of drug-likeness (QED) is 0.243. The highest BCUT2D eigenvalue weighted by Gasteiger charge is 2.33. The molecule has 0 fully saturated rings. The van der Waals surface area contributed by atoms with Crippen LogP contribution in [0.1, 0.15) is 34.3 Å². The van der Waals surface area contributed by atoms with Crippen molar-refractivity contribution in [3.8, 4) is 11.5 Å². The lowest BCUT2D eigenvalue weighted by Gasteiger charge is -2.21. The summed E-state index contributed by atoms with van der Waals surface area (Å²) in [6.07, 6.45) is 3.80. The van der Waals surface area contributed by atoms with Crippen molar-refractivity contribution in [3.05, 3.63) is 84.5 Å². The fraction of sp³-hybridized carbons (Fsp3) is 0.250. The molecule has 2 aromatic carbocycles. The van der Waals surface area contributed by atoms with Crippen molar-refractivity contribution in [3.63, 3.8) is 0 Å². The Labute approximate surface area is 171 Å². The molecule has 0 saturated carbocycles. The third kappa shape index (κ3) is 5.35. The fourth-order valence-corrected chi connectivity index (χ4v) is 3.05. The van der Waals surface area contributed by atoms with E-state index in [0.717, 1.165) is 5.56 Å². The van der Waals surface area contributed by atoms with Gasteiger partial charge in [-0.25, -0.2) is 0 Å². The van der Waals surface area contributed by atoms with Crippen molar-refractivity contribution in [2.75, 3.05) is 20.3 Å². The lowest BCUT2D eigenvalue weighted by Crippen LogP contribution is -2.25. The van der Waals surface area contributed by atoms with Crippen LogP contribution in [0.15, 0.2) is 67.8 Å². The molecule has 0 bridgehead atoms. The lowest BCUT2D eigenvalue weighted by molar-refractivity contribution is -0.141. The molecule has 5 heteroatoms. The molecule has 1 unspecified atom stereocenters. The van der Waals surface area contributed by atoms with Gasteiger partial charge < -0.3 is 14.2 Å². The molecule has 0 saturated heterocycles. The predicted molar refractivity (Wildman–Crippen MR) is 113 cm³/mol. The number of hydrogen-bond donors (Lipinski definition) is 0. The van der Waals surface area contributed by atoms with Gasteiger partial charge in [0.25, 0.3) is 0 Å². The molecule has 0 N–H and O–H groups in total. The van der Waals surface area contributed by atoms with Gasteiger partial charge in [-0.15, -0.1) is 0 Å². The van der Waals surface area contributed by atoms with Crippen molar-refractivity contribution in [2.24, 2.45) is 0 Å². The minimum absolute atomic E-state index is 0.279. The van der Waals surface area contributed by atoms with E-state index < -0.39 is 11.9 Å². The monoisotopic (exact) mass is 394 g/mol. The average Bonchev–Trinajstić information content (AvgIpc) is 2.76. The predicted octanol–water partition coefficient (Wildman–Crippen LogP) is 4.52. The van der Waals surface area contributed by atoms with E-state index >= 15 is 0 Å². The first kappa shape index (κ1) is 22.0. The van der Waals surface area contributed by atoms with Gasteiger partial charge in [-0.05, 0) is 23.6 Å². The van der Waals surface area contributed by atoms with Crippen LogP contribution in [-0.4, -0.2) is 32.1 Å². The van der Waals surface area contributed by atoms with E-state index in [-0.39, 0.29) is 19.0 Å². The molecule has 0 aliphatic rings. The minimum Gasteiger partial charge on any atom is -0.489 e. The molecule has 29 heavy (non-hydrogen) atoms. The highest BCUT2D eigenvalue weighted by molar-refractivity contribution is 6.13. The van der Waals surface area contributed by atoms with Gasteiger partial charge in [-0.3, -0.25) is 9.59 Å². The van der Waals surface area contributed by atoms with E-state index in [4.69, 9.17) is 14.2 Å². The largest absolute Gasteiger partial charge is 0.489 e. The maximum atomic E-state index is 13.2. The second-order valence-electron chi connectivity index (χ2n) is 6.23. The van der Waals surface area contributed by atoms with E-state index in [2.05, 4.69) is 13.2 Å². The van der Waals surface area contributed by atoms with Crippen LogP contribution in [0.5, 0.6) is 11.5 Å². The summed E-state index contributed by atoms with van der Waals surface area (Å²) in [4.78, 5) is 25.9. The molecule has 0 amide bonds. The van der Waals surface area contributed by atoms with Crippen molar-refractivity contribution >= 4 is 11.8 Å². The maximum absolute atomic E-state index is 13.2. The molecule has 2 aromatic rings. The summed E-state index contributed by atoms with van der Waals surface area (Å²) in [6, 6.07) is 12.1. The van der Waals surface area contributed by atoms with Crippen LogP contribution in [0.25, 0.3) is 0 Å². The molecule has 0 radical (unpaired) electrons. The van der Waals surface area contributed by atoms with Crippen LogP contribution in [0.2, 0.25) is 0 Å². The third-order valence-electron chi connectivity index (χ3n) is 4.36. The van der Waals surface area contributed by atoms with E-state index in [9.17, 15) is 9.59 Å². The molecule has 152 valence electrons. The van der Waals surface area contributed by atoms with E-state index in [1.165, 1.54) is 7.11 Å². The first-order valence-electron chi connectivity index (χ1n) is 9.38. The molecule has 0 heterocycles. The molecular weight excluding hydrogens is 368 g/mol. The van der Waals surface area contributed by atoms with Crippen molar-refractivity contribution in [1.29, 1.82) is 0 Å². The Balaban J connectivity index is 2.65. The summed E-state index contributed by atoms with van der Waals surface area (Å²) in [6.45, 7) is 9.82. The topological polar surface area (TPSA) is 61.8 Å². The van der Waals surface area contributed by atoms with Gasteiger partial charge in [0.15, 0.2) is 5.78 Å². The number of ether oxygens (including phenoxy) is 3. The van der Waals surface area contributed by atoms with Crippen LogP contribution in [-0.2, 0) is 16.0 Å². The fourth-order valence-electron chi connectivity index (χ4n) is 3.05. The van der Waals surface area contributed by atoms with Gasteiger partial charge in [0.05, 0.1) is 7.11 Å².